The lowest BCUT2D eigenvalue weighted by atomic mass is 9.75. The molecule has 82 valence electrons. The Labute approximate surface area is 89.2 Å². The lowest BCUT2D eigenvalue weighted by Gasteiger charge is -2.42. The smallest absolute Gasteiger partial charge is 0.127 e. The first-order chi connectivity index (χ1) is 7.28. The first kappa shape index (κ1) is 10.6. The fourth-order valence-electron chi connectivity index (χ4n) is 2.11. The Morgan fingerprint density at radius 2 is 2.07 bits per heavy atom. The molecule has 0 unspecified atom stereocenters. The van der Waals surface area contributed by atoms with Crippen molar-refractivity contribution in [2.75, 3.05) is 19.8 Å². The number of nitrogens with two attached hydrogens (primary N) is 1. The van der Waals surface area contributed by atoms with Crippen LogP contribution in [0.2, 0.25) is 0 Å². The van der Waals surface area contributed by atoms with E-state index < -0.39 is 0 Å². The van der Waals surface area contributed by atoms with E-state index in [4.69, 9.17) is 10.5 Å². The summed E-state index contributed by atoms with van der Waals surface area (Å²) in [6, 6.07) is 6.96. The van der Waals surface area contributed by atoms with E-state index in [1.807, 2.05) is 12.1 Å². The SMILES string of the molecule is NCCCC1(c2ccccc2F)COC1. The summed E-state index contributed by atoms with van der Waals surface area (Å²) in [6.07, 6.45) is 1.82. The normalized spacial score (nSPS) is 18.5. The molecule has 3 heteroatoms. The molecule has 0 amide bonds. The van der Waals surface area contributed by atoms with Crippen LogP contribution in [0.5, 0.6) is 0 Å². The fourth-order valence-corrected chi connectivity index (χ4v) is 2.11. The van der Waals surface area contributed by atoms with Crippen LogP contribution < -0.4 is 5.73 Å². The summed E-state index contributed by atoms with van der Waals surface area (Å²) in [5, 5.41) is 0. The van der Waals surface area contributed by atoms with Gasteiger partial charge >= 0.3 is 0 Å². The highest BCUT2D eigenvalue weighted by Crippen LogP contribution is 2.37. The first-order valence-electron chi connectivity index (χ1n) is 5.31. The minimum atomic E-state index is -0.127. The standard InChI is InChI=1S/C12H16FNO/c13-11-5-2-1-4-10(11)12(6-3-7-14)8-15-9-12/h1-2,4-5H,3,6-9,14H2. The van der Waals surface area contributed by atoms with Gasteiger partial charge in [0.05, 0.1) is 13.2 Å². The summed E-state index contributed by atoms with van der Waals surface area (Å²) in [4.78, 5) is 0. The molecule has 0 saturated carbocycles. The molecular formula is C12H16FNO. The van der Waals surface area contributed by atoms with Crippen LogP contribution in [0.25, 0.3) is 0 Å². The Hall–Kier alpha value is -0.930. The summed E-state index contributed by atoms with van der Waals surface area (Å²) in [7, 11) is 0. The van der Waals surface area contributed by atoms with E-state index in [2.05, 4.69) is 0 Å². The van der Waals surface area contributed by atoms with Crippen molar-refractivity contribution in [1.29, 1.82) is 0 Å². The van der Waals surface area contributed by atoms with Gasteiger partial charge in [-0.15, -0.1) is 0 Å². The molecule has 0 radical (unpaired) electrons. The van der Waals surface area contributed by atoms with Gasteiger partial charge in [-0.3, -0.25) is 0 Å². The summed E-state index contributed by atoms with van der Waals surface area (Å²) in [6.45, 7) is 1.89. The van der Waals surface area contributed by atoms with Gasteiger partial charge in [0.1, 0.15) is 5.82 Å². The van der Waals surface area contributed by atoms with Crippen molar-refractivity contribution < 1.29 is 9.13 Å². The zero-order chi connectivity index (χ0) is 10.7. The molecule has 0 aromatic heterocycles. The minimum absolute atomic E-state index is 0.120. The van der Waals surface area contributed by atoms with Gasteiger partial charge in [0.15, 0.2) is 0 Å². The molecule has 1 heterocycles. The van der Waals surface area contributed by atoms with Gasteiger partial charge in [-0.25, -0.2) is 4.39 Å². The van der Waals surface area contributed by atoms with Gasteiger partial charge in [-0.2, -0.15) is 0 Å². The Morgan fingerprint density at radius 1 is 1.33 bits per heavy atom. The molecule has 0 bridgehead atoms. The maximum atomic E-state index is 13.6. The van der Waals surface area contributed by atoms with Crippen molar-refractivity contribution >= 4 is 0 Å². The van der Waals surface area contributed by atoms with E-state index in [-0.39, 0.29) is 11.2 Å². The van der Waals surface area contributed by atoms with Crippen LogP contribution >= 0.6 is 0 Å². The quantitative estimate of drug-likeness (QED) is 0.821. The minimum Gasteiger partial charge on any atom is -0.379 e. The van der Waals surface area contributed by atoms with E-state index in [1.165, 1.54) is 6.07 Å². The monoisotopic (exact) mass is 209 g/mol. The molecule has 2 nitrogen and oxygen atoms in total. The fraction of sp³-hybridized carbons (Fsp3) is 0.500. The van der Waals surface area contributed by atoms with Crippen LogP contribution in [0.4, 0.5) is 4.39 Å². The van der Waals surface area contributed by atoms with E-state index in [9.17, 15) is 4.39 Å². The molecule has 15 heavy (non-hydrogen) atoms. The van der Waals surface area contributed by atoms with Gasteiger partial charge < -0.3 is 10.5 Å². The maximum absolute atomic E-state index is 13.6. The van der Waals surface area contributed by atoms with Gasteiger partial charge in [0.25, 0.3) is 0 Å². The van der Waals surface area contributed by atoms with E-state index in [0.29, 0.717) is 19.8 Å². The van der Waals surface area contributed by atoms with E-state index in [0.717, 1.165) is 18.4 Å². The molecule has 1 fully saturated rings. The molecule has 1 saturated heterocycles. The van der Waals surface area contributed by atoms with Gasteiger partial charge in [0, 0.05) is 5.41 Å². The van der Waals surface area contributed by atoms with Gasteiger partial charge in [0.2, 0.25) is 0 Å². The molecule has 0 spiro atoms. The average molecular weight is 209 g/mol. The first-order valence-corrected chi connectivity index (χ1v) is 5.31. The third kappa shape index (κ3) is 1.90. The summed E-state index contributed by atoms with van der Waals surface area (Å²) in [5.74, 6) is -0.127. The molecule has 1 aromatic rings. The molecule has 1 aliphatic rings. The second-order valence-electron chi connectivity index (χ2n) is 4.15. The molecule has 2 N–H and O–H groups in total. The zero-order valence-electron chi connectivity index (χ0n) is 8.71. The lowest BCUT2D eigenvalue weighted by molar-refractivity contribution is -0.0664. The molecule has 1 aromatic carbocycles. The molecule has 2 rings (SSSR count). The van der Waals surface area contributed by atoms with Crippen LogP contribution in [0.1, 0.15) is 18.4 Å². The second kappa shape index (κ2) is 4.29. The van der Waals surface area contributed by atoms with E-state index in [1.54, 1.807) is 6.07 Å². The molecule has 1 aliphatic heterocycles. The van der Waals surface area contributed by atoms with Crippen molar-refractivity contribution in [3.8, 4) is 0 Å². The summed E-state index contributed by atoms with van der Waals surface area (Å²) < 4.78 is 18.9. The maximum Gasteiger partial charge on any atom is 0.127 e. The number of benzene rings is 1. The van der Waals surface area contributed by atoms with Crippen molar-refractivity contribution in [1.82, 2.24) is 0 Å². The molecule has 0 aliphatic carbocycles. The zero-order valence-corrected chi connectivity index (χ0v) is 8.71. The largest absolute Gasteiger partial charge is 0.379 e. The number of halogens is 1. The average Bonchev–Trinajstić information content (AvgIpc) is 2.19. The topological polar surface area (TPSA) is 35.2 Å². The van der Waals surface area contributed by atoms with E-state index >= 15 is 0 Å². The molecular weight excluding hydrogens is 193 g/mol. The van der Waals surface area contributed by atoms with Gasteiger partial charge in [-0.05, 0) is 31.0 Å². The van der Waals surface area contributed by atoms with Crippen molar-refractivity contribution in [2.24, 2.45) is 5.73 Å². The van der Waals surface area contributed by atoms with Gasteiger partial charge in [-0.1, -0.05) is 18.2 Å². The number of ether oxygens (including phenoxy) is 1. The van der Waals surface area contributed by atoms with Crippen molar-refractivity contribution in [3.05, 3.63) is 35.6 Å². The van der Waals surface area contributed by atoms with Crippen LogP contribution in [0.3, 0.4) is 0 Å². The Morgan fingerprint density at radius 3 is 2.60 bits per heavy atom. The molecule has 0 atom stereocenters. The highest BCUT2D eigenvalue weighted by molar-refractivity contribution is 5.29. The van der Waals surface area contributed by atoms with Crippen LogP contribution in [-0.4, -0.2) is 19.8 Å². The van der Waals surface area contributed by atoms with Crippen molar-refractivity contribution in [3.63, 3.8) is 0 Å². The highest BCUT2D eigenvalue weighted by Gasteiger charge is 2.41. The van der Waals surface area contributed by atoms with Crippen LogP contribution in [0, 0.1) is 5.82 Å². The predicted molar refractivity (Wildman–Crippen MR) is 57.2 cm³/mol. The van der Waals surface area contributed by atoms with Crippen LogP contribution in [-0.2, 0) is 10.2 Å². The number of hydrogen-bond donors (Lipinski definition) is 1. The lowest BCUT2D eigenvalue weighted by Crippen LogP contribution is -2.47. The van der Waals surface area contributed by atoms with Crippen LogP contribution in [0.15, 0.2) is 24.3 Å². The summed E-state index contributed by atoms with van der Waals surface area (Å²) >= 11 is 0. The Bertz CT molecular complexity index is 336. The summed E-state index contributed by atoms with van der Waals surface area (Å²) in [5.41, 5.74) is 6.16. The third-order valence-corrected chi connectivity index (χ3v) is 3.06. The number of rotatable bonds is 4. The van der Waals surface area contributed by atoms with Crippen molar-refractivity contribution in [2.45, 2.75) is 18.3 Å². The predicted octanol–water partition coefficient (Wildman–Crippen LogP) is 1.83. The Balaban J connectivity index is 2.22. The highest BCUT2D eigenvalue weighted by atomic mass is 19.1. The third-order valence-electron chi connectivity index (χ3n) is 3.06. The number of hydrogen-bond acceptors (Lipinski definition) is 2. The second-order valence-corrected chi connectivity index (χ2v) is 4.15. The Kier molecular flexibility index (Phi) is 3.03.